The first-order valence-corrected chi connectivity index (χ1v) is 7.96. The standard InChI is InChI=1S/C18H22O3/c19-18(20)14-6-4-5-13-9-10-17(12-15(13)11-14)21-16-7-2-1-3-8-16/h9-12,16H,1-8H2,(H,19,20). The molecule has 1 fully saturated rings. The van der Waals surface area contributed by atoms with E-state index in [1.165, 1.54) is 24.8 Å². The van der Waals surface area contributed by atoms with Crippen LogP contribution in [0, 0.1) is 0 Å². The number of aryl methyl sites for hydroxylation is 1. The second-order valence-electron chi connectivity index (χ2n) is 6.07. The zero-order valence-electron chi connectivity index (χ0n) is 12.3. The molecule has 1 N–H and O–H groups in total. The van der Waals surface area contributed by atoms with Crippen LogP contribution in [0.15, 0.2) is 23.8 Å². The third-order valence-electron chi connectivity index (χ3n) is 4.47. The summed E-state index contributed by atoms with van der Waals surface area (Å²) in [5.41, 5.74) is 2.74. The van der Waals surface area contributed by atoms with Crippen LogP contribution in [0.3, 0.4) is 0 Å². The van der Waals surface area contributed by atoms with Gasteiger partial charge in [-0.15, -0.1) is 0 Å². The van der Waals surface area contributed by atoms with Crippen molar-refractivity contribution in [3.05, 3.63) is 34.9 Å². The Morgan fingerprint density at radius 3 is 2.67 bits per heavy atom. The van der Waals surface area contributed by atoms with Crippen molar-refractivity contribution in [3.63, 3.8) is 0 Å². The van der Waals surface area contributed by atoms with Gasteiger partial charge in [0, 0.05) is 5.57 Å². The molecule has 0 bridgehead atoms. The minimum Gasteiger partial charge on any atom is -0.490 e. The van der Waals surface area contributed by atoms with Gasteiger partial charge in [-0.05, 0) is 74.3 Å². The largest absolute Gasteiger partial charge is 0.490 e. The SMILES string of the molecule is O=C(O)C1=Cc2cc(OC3CCCCC3)ccc2CCC1. The summed E-state index contributed by atoms with van der Waals surface area (Å²) in [5.74, 6) is 0.0741. The molecule has 3 rings (SSSR count). The van der Waals surface area contributed by atoms with Crippen molar-refractivity contribution in [3.8, 4) is 5.75 Å². The lowest BCUT2D eigenvalue weighted by Gasteiger charge is -2.23. The summed E-state index contributed by atoms with van der Waals surface area (Å²) in [5, 5.41) is 9.22. The van der Waals surface area contributed by atoms with Crippen molar-refractivity contribution in [1.29, 1.82) is 0 Å². The lowest BCUT2D eigenvalue weighted by atomic mass is 9.97. The zero-order valence-corrected chi connectivity index (χ0v) is 12.3. The van der Waals surface area contributed by atoms with Crippen LogP contribution in [0.2, 0.25) is 0 Å². The van der Waals surface area contributed by atoms with Gasteiger partial charge in [-0.1, -0.05) is 12.5 Å². The van der Waals surface area contributed by atoms with E-state index in [1.807, 2.05) is 18.2 Å². The molecule has 3 nitrogen and oxygen atoms in total. The van der Waals surface area contributed by atoms with Crippen LogP contribution in [-0.4, -0.2) is 17.2 Å². The molecule has 0 heterocycles. The molecule has 0 atom stereocenters. The predicted octanol–water partition coefficient (Wildman–Crippen LogP) is 4.20. The molecule has 0 spiro atoms. The topological polar surface area (TPSA) is 46.5 Å². The van der Waals surface area contributed by atoms with Crippen LogP contribution >= 0.6 is 0 Å². The molecule has 0 amide bonds. The van der Waals surface area contributed by atoms with E-state index in [4.69, 9.17) is 4.74 Å². The maximum absolute atomic E-state index is 11.2. The summed E-state index contributed by atoms with van der Waals surface area (Å²) in [6, 6.07) is 6.14. The van der Waals surface area contributed by atoms with E-state index >= 15 is 0 Å². The van der Waals surface area contributed by atoms with Crippen LogP contribution in [0.4, 0.5) is 0 Å². The summed E-state index contributed by atoms with van der Waals surface area (Å²) < 4.78 is 6.08. The Kier molecular flexibility index (Phi) is 4.28. The minimum absolute atomic E-state index is 0.325. The Morgan fingerprint density at radius 1 is 1.10 bits per heavy atom. The Balaban J connectivity index is 1.81. The molecule has 3 heteroatoms. The molecule has 0 aromatic heterocycles. The number of aliphatic carboxylic acids is 1. The molecule has 0 aliphatic heterocycles. The van der Waals surface area contributed by atoms with Crippen molar-refractivity contribution in [2.24, 2.45) is 0 Å². The molecular formula is C18H22O3. The summed E-state index contributed by atoms with van der Waals surface area (Å²) >= 11 is 0. The molecule has 0 saturated heterocycles. The van der Waals surface area contributed by atoms with Crippen LogP contribution in [0.5, 0.6) is 5.75 Å². The molecule has 2 aliphatic carbocycles. The molecule has 2 aliphatic rings. The molecule has 21 heavy (non-hydrogen) atoms. The van der Waals surface area contributed by atoms with Crippen LogP contribution in [0.25, 0.3) is 6.08 Å². The van der Waals surface area contributed by atoms with Gasteiger partial charge in [0.1, 0.15) is 5.75 Å². The molecule has 112 valence electrons. The van der Waals surface area contributed by atoms with Crippen molar-refractivity contribution >= 4 is 12.0 Å². The van der Waals surface area contributed by atoms with Crippen LogP contribution in [-0.2, 0) is 11.2 Å². The highest BCUT2D eigenvalue weighted by Crippen LogP contribution is 2.29. The molecule has 1 saturated carbocycles. The maximum atomic E-state index is 11.2. The zero-order chi connectivity index (χ0) is 14.7. The fourth-order valence-electron chi connectivity index (χ4n) is 3.28. The van der Waals surface area contributed by atoms with Gasteiger partial charge >= 0.3 is 5.97 Å². The number of carboxylic acid groups (broad SMARTS) is 1. The highest BCUT2D eigenvalue weighted by Gasteiger charge is 2.17. The van der Waals surface area contributed by atoms with Gasteiger partial charge in [-0.2, -0.15) is 0 Å². The second kappa shape index (κ2) is 6.33. The van der Waals surface area contributed by atoms with E-state index in [2.05, 4.69) is 6.07 Å². The van der Waals surface area contributed by atoms with Gasteiger partial charge in [0.05, 0.1) is 6.10 Å². The van der Waals surface area contributed by atoms with E-state index in [-0.39, 0.29) is 0 Å². The molecule has 1 aromatic rings. The van der Waals surface area contributed by atoms with Crippen molar-refractivity contribution in [2.75, 3.05) is 0 Å². The smallest absolute Gasteiger partial charge is 0.331 e. The fraction of sp³-hybridized carbons (Fsp3) is 0.500. The highest BCUT2D eigenvalue weighted by atomic mass is 16.5. The average Bonchev–Trinajstić information content (AvgIpc) is 2.70. The number of carbonyl (C=O) groups is 1. The Hall–Kier alpha value is -1.77. The van der Waals surface area contributed by atoms with E-state index in [9.17, 15) is 9.90 Å². The van der Waals surface area contributed by atoms with Crippen LogP contribution in [0.1, 0.15) is 56.1 Å². The van der Waals surface area contributed by atoms with Crippen LogP contribution < -0.4 is 4.74 Å². The number of fused-ring (bicyclic) bond motifs is 1. The number of hydrogen-bond donors (Lipinski definition) is 1. The third kappa shape index (κ3) is 3.46. The van der Waals surface area contributed by atoms with Gasteiger partial charge < -0.3 is 9.84 Å². The quantitative estimate of drug-likeness (QED) is 0.905. The fourth-order valence-corrected chi connectivity index (χ4v) is 3.28. The summed E-state index contributed by atoms with van der Waals surface area (Å²) in [6.07, 6.45) is 10.7. The first kappa shape index (κ1) is 14.2. The highest BCUT2D eigenvalue weighted by molar-refractivity contribution is 5.92. The van der Waals surface area contributed by atoms with E-state index < -0.39 is 5.97 Å². The van der Waals surface area contributed by atoms with Crippen molar-refractivity contribution in [1.82, 2.24) is 0 Å². The number of ether oxygens (including phenoxy) is 1. The molecule has 0 unspecified atom stereocenters. The summed E-state index contributed by atoms with van der Waals surface area (Å²) in [7, 11) is 0. The van der Waals surface area contributed by atoms with Gasteiger partial charge in [0.15, 0.2) is 0 Å². The van der Waals surface area contributed by atoms with E-state index in [0.717, 1.165) is 37.0 Å². The predicted molar refractivity (Wildman–Crippen MR) is 82.5 cm³/mol. The molecule has 0 radical (unpaired) electrons. The van der Waals surface area contributed by atoms with Gasteiger partial charge in [0.2, 0.25) is 0 Å². The monoisotopic (exact) mass is 286 g/mol. The van der Waals surface area contributed by atoms with Gasteiger partial charge in [-0.3, -0.25) is 0 Å². The second-order valence-corrected chi connectivity index (χ2v) is 6.07. The number of carboxylic acids is 1. The lowest BCUT2D eigenvalue weighted by molar-refractivity contribution is -0.132. The number of rotatable bonds is 3. The summed E-state index contributed by atoms with van der Waals surface area (Å²) in [6.45, 7) is 0. The van der Waals surface area contributed by atoms with Crippen molar-refractivity contribution < 1.29 is 14.6 Å². The molecule has 1 aromatic carbocycles. The van der Waals surface area contributed by atoms with Crippen molar-refractivity contribution in [2.45, 2.75) is 57.5 Å². The average molecular weight is 286 g/mol. The Labute approximate surface area is 125 Å². The Morgan fingerprint density at radius 2 is 1.90 bits per heavy atom. The first-order chi connectivity index (χ1) is 10.2. The Bertz CT molecular complexity index is 554. The lowest BCUT2D eigenvalue weighted by Crippen LogP contribution is -2.19. The van der Waals surface area contributed by atoms with E-state index in [0.29, 0.717) is 18.1 Å². The van der Waals surface area contributed by atoms with Gasteiger partial charge in [-0.25, -0.2) is 4.79 Å². The number of benzene rings is 1. The van der Waals surface area contributed by atoms with E-state index in [1.54, 1.807) is 0 Å². The normalized spacial score (nSPS) is 19.3. The minimum atomic E-state index is -0.804. The van der Waals surface area contributed by atoms with Gasteiger partial charge in [0.25, 0.3) is 0 Å². The molecular weight excluding hydrogens is 264 g/mol. The number of hydrogen-bond acceptors (Lipinski definition) is 2. The third-order valence-corrected chi connectivity index (χ3v) is 4.47. The maximum Gasteiger partial charge on any atom is 0.331 e. The summed E-state index contributed by atoms with van der Waals surface area (Å²) in [4.78, 5) is 11.2. The first-order valence-electron chi connectivity index (χ1n) is 7.96.